The second-order valence-corrected chi connectivity index (χ2v) is 19.1. The van der Waals surface area contributed by atoms with Gasteiger partial charge in [-0.2, -0.15) is 0 Å². The van der Waals surface area contributed by atoms with Crippen molar-refractivity contribution < 1.29 is 19.1 Å². The summed E-state index contributed by atoms with van der Waals surface area (Å²) in [5, 5.41) is 9.63. The predicted molar refractivity (Wildman–Crippen MR) is 188 cm³/mol. The summed E-state index contributed by atoms with van der Waals surface area (Å²) < 4.78 is 11.9. The van der Waals surface area contributed by atoms with Crippen LogP contribution in [0.25, 0.3) is 0 Å². The fourth-order valence-corrected chi connectivity index (χ4v) is 7.09. The Morgan fingerprint density at radius 1 is 0.911 bits per heavy atom. The molecule has 0 radical (unpaired) electrons. The molecule has 0 spiro atoms. The molecule has 7 heteroatoms. The number of rotatable bonds is 12. The van der Waals surface area contributed by atoms with Crippen molar-refractivity contribution in [2.24, 2.45) is 23.7 Å². The summed E-state index contributed by atoms with van der Waals surface area (Å²) in [5.74, 6) is 1.67. The van der Waals surface area contributed by atoms with Gasteiger partial charge in [0.25, 0.3) is 0 Å². The van der Waals surface area contributed by atoms with Gasteiger partial charge in [0.05, 0.1) is 0 Å². The van der Waals surface area contributed by atoms with E-state index in [-0.39, 0.29) is 36.2 Å². The molecule has 2 aromatic carbocycles. The van der Waals surface area contributed by atoms with Crippen LogP contribution in [0, 0.1) is 23.7 Å². The van der Waals surface area contributed by atoms with Gasteiger partial charge in [0, 0.05) is 51.4 Å². The molecule has 248 valence electrons. The average molecular weight is 635 g/mol. The number of amides is 1. The molecule has 1 amide bonds. The lowest BCUT2D eigenvalue weighted by molar-refractivity contribution is 0.101. The van der Waals surface area contributed by atoms with Crippen LogP contribution in [0.3, 0.4) is 0 Å². The van der Waals surface area contributed by atoms with Crippen LogP contribution in [-0.4, -0.2) is 68.7 Å². The maximum absolute atomic E-state index is 12.0. The van der Waals surface area contributed by atoms with Crippen LogP contribution in [-0.2, 0) is 15.8 Å². The molecular formula is C38H58N2O4Si. The second-order valence-electron chi connectivity index (χ2n) is 14.3. The number of carbonyl (C=O) groups is 1. The van der Waals surface area contributed by atoms with Gasteiger partial charge in [-0.05, 0) is 66.8 Å². The summed E-state index contributed by atoms with van der Waals surface area (Å²) in [4.78, 5) is 16.3. The molecule has 4 rings (SSSR count). The summed E-state index contributed by atoms with van der Waals surface area (Å²) in [6.07, 6.45) is 5.52. The maximum atomic E-state index is 12.0. The van der Waals surface area contributed by atoms with Gasteiger partial charge in [-0.25, -0.2) is 4.79 Å². The molecule has 0 aromatic heterocycles. The van der Waals surface area contributed by atoms with Crippen molar-refractivity contribution in [1.82, 2.24) is 9.80 Å². The maximum Gasteiger partial charge on any atom is 0.410 e. The highest BCUT2D eigenvalue weighted by atomic mass is 28.4. The summed E-state index contributed by atoms with van der Waals surface area (Å²) in [6, 6.07) is 20.9. The Kier molecular flexibility index (Phi) is 14.1. The van der Waals surface area contributed by atoms with E-state index >= 15 is 0 Å². The van der Waals surface area contributed by atoms with Crippen molar-refractivity contribution in [2.45, 2.75) is 71.3 Å². The SMILES string of the molecule is C=CC[C@@H]1CN(C(=O)OCc2ccccc2)C[C@H]1CO.C=CC[C@@H]1CN([C@H](C)c2ccccc2)C[C@H]1CO[Si](C)(C)C(C)(C)C. The van der Waals surface area contributed by atoms with E-state index in [1.54, 1.807) is 4.90 Å². The molecule has 2 aliphatic heterocycles. The zero-order valence-electron chi connectivity index (χ0n) is 28.7. The Balaban J connectivity index is 0.000000251. The lowest BCUT2D eigenvalue weighted by Gasteiger charge is -2.37. The van der Waals surface area contributed by atoms with E-state index in [9.17, 15) is 9.90 Å². The van der Waals surface area contributed by atoms with E-state index in [4.69, 9.17) is 9.16 Å². The van der Waals surface area contributed by atoms with E-state index in [1.807, 2.05) is 36.4 Å². The number of allylic oxidation sites excluding steroid dienone is 2. The van der Waals surface area contributed by atoms with Crippen LogP contribution >= 0.6 is 0 Å². The number of hydrogen-bond acceptors (Lipinski definition) is 5. The molecule has 2 fully saturated rings. The van der Waals surface area contributed by atoms with Crippen LogP contribution in [0.2, 0.25) is 18.1 Å². The normalized spacial score (nSPS) is 22.8. The van der Waals surface area contributed by atoms with Crippen LogP contribution in [0.1, 0.15) is 57.7 Å². The van der Waals surface area contributed by atoms with Crippen molar-refractivity contribution >= 4 is 14.4 Å². The number of carbonyl (C=O) groups excluding carboxylic acids is 1. The van der Waals surface area contributed by atoms with E-state index < -0.39 is 8.32 Å². The van der Waals surface area contributed by atoms with Gasteiger partial charge in [0.2, 0.25) is 0 Å². The molecule has 0 aliphatic carbocycles. The number of hydrogen-bond donors (Lipinski definition) is 1. The third-order valence-electron chi connectivity index (χ3n) is 10.1. The highest BCUT2D eigenvalue weighted by molar-refractivity contribution is 6.74. The molecule has 6 nitrogen and oxygen atoms in total. The van der Waals surface area contributed by atoms with Crippen molar-refractivity contribution in [1.29, 1.82) is 0 Å². The Labute approximate surface area is 274 Å². The summed E-state index contributed by atoms with van der Waals surface area (Å²) in [7, 11) is -1.68. The third kappa shape index (κ3) is 10.7. The molecule has 2 saturated heterocycles. The first-order valence-corrected chi connectivity index (χ1v) is 19.5. The number of aliphatic hydroxyl groups is 1. The Morgan fingerprint density at radius 3 is 2.00 bits per heavy atom. The molecule has 2 aromatic rings. The fraction of sp³-hybridized carbons (Fsp3) is 0.553. The van der Waals surface area contributed by atoms with E-state index in [0.29, 0.717) is 31.0 Å². The van der Waals surface area contributed by atoms with Crippen LogP contribution in [0.15, 0.2) is 86.0 Å². The number of benzene rings is 2. The molecule has 45 heavy (non-hydrogen) atoms. The highest BCUT2D eigenvalue weighted by Gasteiger charge is 2.40. The van der Waals surface area contributed by atoms with Gasteiger partial charge in [-0.1, -0.05) is 93.6 Å². The lowest BCUT2D eigenvalue weighted by Crippen LogP contribution is -2.42. The standard InChI is InChI=1S/C22H37NOSi.C16H21NO3/c1-8-12-20-15-23(18(2)19-13-10-9-11-14-19)16-21(20)17-24-25(6,7)22(3,4)5;1-2-6-14-9-17(10-15(14)11-18)16(19)20-12-13-7-4-3-5-8-13/h8-11,13-14,18,20-21H,1,12,15-17H2,2-7H3;2-5,7-8,14-15,18H,1,6,9-12H2/t18-,20-,21+;14-,15+/m11/s1. The van der Waals surface area contributed by atoms with Crippen molar-refractivity contribution in [2.75, 3.05) is 39.4 Å². The number of nitrogens with zero attached hydrogens (tertiary/aromatic N) is 2. The quantitative estimate of drug-likeness (QED) is 0.188. The monoisotopic (exact) mass is 634 g/mol. The van der Waals surface area contributed by atoms with Crippen LogP contribution < -0.4 is 0 Å². The van der Waals surface area contributed by atoms with Gasteiger partial charge in [0.15, 0.2) is 8.32 Å². The minimum Gasteiger partial charge on any atom is -0.445 e. The number of aliphatic hydroxyl groups excluding tert-OH is 1. The molecule has 0 bridgehead atoms. The fourth-order valence-electron chi connectivity index (χ4n) is 6.02. The molecule has 1 N–H and O–H groups in total. The van der Waals surface area contributed by atoms with E-state index in [0.717, 1.165) is 38.1 Å². The largest absolute Gasteiger partial charge is 0.445 e. The van der Waals surface area contributed by atoms with Gasteiger partial charge < -0.3 is 19.2 Å². The molecule has 0 unspecified atom stereocenters. The molecule has 5 atom stereocenters. The minimum absolute atomic E-state index is 0.0982. The Bertz CT molecular complexity index is 1180. The third-order valence-corrected chi connectivity index (χ3v) is 14.6. The first-order chi connectivity index (χ1) is 21.4. The second kappa shape index (κ2) is 17.3. The van der Waals surface area contributed by atoms with Gasteiger partial charge >= 0.3 is 6.09 Å². The first-order valence-electron chi connectivity index (χ1n) is 16.6. The average Bonchev–Trinajstić information content (AvgIpc) is 3.63. The lowest BCUT2D eigenvalue weighted by atomic mass is 9.94. The molecule has 0 saturated carbocycles. The van der Waals surface area contributed by atoms with Crippen molar-refractivity contribution in [3.8, 4) is 0 Å². The topological polar surface area (TPSA) is 62.2 Å². The summed E-state index contributed by atoms with van der Waals surface area (Å²) in [5.41, 5.74) is 2.38. The zero-order chi connectivity index (χ0) is 33.0. The predicted octanol–water partition coefficient (Wildman–Crippen LogP) is 8.33. The van der Waals surface area contributed by atoms with Gasteiger partial charge in [-0.15, -0.1) is 13.2 Å². The molecular weight excluding hydrogens is 577 g/mol. The molecule has 2 heterocycles. The molecule has 2 aliphatic rings. The van der Waals surface area contributed by atoms with Crippen molar-refractivity contribution in [3.05, 3.63) is 97.1 Å². The van der Waals surface area contributed by atoms with Crippen molar-refractivity contribution in [3.63, 3.8) is 0 Å². The highest BCUT2D eigenvalue weighted by Crippen LogP contribution is 2.39. The Morgan fingerprint density at radius 2 is 1.44 bits per heavy atom. The number of likely N-dealkylation sites (tertiary alicyclic amines) is 2. The van der Waals surface area contributed by atoms with Crippen LogP contribution in [0.5, 0.6) is 0 Å². The first kappa shape index (κ1) is 36.8. The van der Waals surface area contributed by atoms with E-state index in [1.165, 1.54) is 5.56 Å². The number of ether oxygens (including phenoxy) is 1. The minimum atomic E-state index is -1.68. The Hall–Kier alpha value is -2.71. The summed E-state index contributed by atoms with van der Waals surface area (Å²) in [6.45, 7) is 26.4. The van der Waals surface area contributed by atoms with Gasteiger partial charge in [0.1, 0.15) is 6.61 Å². The van der Waals surface area contributed by atoms with E-state index in [2.05, 4.69) is 95.3 Å². The van der Waals surface area contributed by atoms with Crippen LogP contribution in [0.4, 0.5) is 4.79 Å². The van der Waals surface area contributed by atoms with Gasteiger partial charge in [-0.3, -0.25) is 4.90 Å². The summed E-state index contributed by atoms with van der Waals surface area (Å²) >= 11 is 0. The smallest absolute Gasteiger partial charge is 0.410 e. The zero-order valence-corrected chi connectivity index (χ0v) is 29.7.